The van der Waals surface area contributed by atoms with Gasteiger partial charge in [-0.25, -0.2) is 22.5 Å². The number of hydrogen-bond acceptors (Lipinski definition) is 1. The lowest BCUT2D eigenvalue weighted by molar-refractivity contribution is 0.595. The predicted octanol–water partition coefficient (Wildman–Crippen LogP) is 4.55. The maximum atomic E-state index is 14.6. The van der Waals surface area contributed by atoms with Crippen LogP contribution in [0.25, 0.3) is 10.9 Å². The average molecular weight is 385 g/mol. The van der Waals surface area contributed by atoms with E-state index in [0.29, 0.717) is 5.52 Å². The molecule has 0 atom stereocenters. The zero-order valence-corrected chi connectivity index (χ0v) is 14.7. The SMILES string of the molecule is Fc1cccc(F)c1P(c1ccc2ccccc2n1)c1c(F)cccc1F. The number of nitrogens with zero attached hydrogens (tertiary/aromatic N) is 1. The third kappa shape index (κ3) is 3.19. The van der Waals surface area contributed by atoms with E-state index < -0.39 is 31.2 Å². The van der Waals surface area contributed by atoms with Crippen molar-refractivity contribution in [2.24, 2.45) is 0 Å². The molecule has 3 aromatic carbocycles. The van der Waals surface area contributed by atoms with Gasteiger partial charge in [-0.15, -0.1) is 0 Å². The zero-order chi connectivity index (χ0) is 19.0. The van der Waals surface area contributed by atoms with E-state index in [1.165, 1.54) is 12.1 Å². The van der Waals surface area contributed by atoms with Crippen LogP contribution in [0.4, 0.5) is 17.6 Å². The lowest BCUT2D eigenvalue weighted by Crippen LogP contribution is -2.30. The van der Waals surface area contributed by atoms with Crippen LogP contribution in [0.1, 0.15) is 0 Å². The molecule has 0 aliphatic heterocycles. The third-order valence-corrected chi connectivity index (χ3v) is 6.59. The van der Waals surface area contributed by atoms with Gasteiger partial charge in [-0.2, -0.15) is 0 Å². The summed E-state index contributed by atoms with van der Waals surface area (Å²) in [6, 6.07) is 17.2. The van der Waals surface area contributed by atoms with Gasteiger partial charge in [0.1, 0.15) is 23.3 Å². The zero-order valence-electron chi connectivity index (χ0n) is 13.8. The summed E-state index contributed by atoms with van der Waals surface area (Å²) in [5.74, 6) is -3.45. The van der Waals surface area contributed by atoms with Crippen molar-refractivity contribution in [2.75, 3.05) is 0 Å². The van der Waals surface area contributed by atoms with Gasteiger partial charge in [0.2, 0.25) is 0 Å². The molecule has 0 saturated carbocycles. The molecule has 1 nitrogen and oxygen atoms in total. The fourth-order valence-electron chi connectivity index (χ4n) is 2.93. The van der Waals surface area contributed by atoms with Crippen molar-refractivity contribution in [1.29, 1.82) is 0 Å². The quantitative estimate of drug-likeness (QED) is 0.373. The van der Waals surface area contributed by atoms with Crippen molar-refractivity contribution in [3.63, 3.8) is 0 Å². The number of fused-ring (bicyclic) bond motifs is 1. The van der Waals surface area contributed by atoms with E-state index in [0.717, 1.165) is 29.7 Å². The minimum Gasteiger partial charge on any atom is -0.247 e. The van der Waals surface area contributed by atoms with Gasteiger partial charge in [0.05, 0.1) is 21.6 Å². The number of aromatic nitrogens is 1. The Morgan fingerprint density at radius 2 is 1.07 bits per heavy atom. The van der Waals surface area contributed by atoms with Crippen LogP contribution in [0, 0.1) is 23.3 Å². The van der Waals surface area contributed by atoms with Gasteiger partial charge < -0.3 is 0 Å². The molecule has 0 radical (unpaired) electrons. The van der Waals surface area contributed by atoms with Gasteiger partial charge >= 0.3 is 0 Å². The van der Waals surface area contributed by atoms with Crippen molar-refractivity contribution in [3.8, 4) is 0 Å². The summed E-state index contributed by atoms with van der Waals surface area (Å²) in [6.45, 7) is 0. The summed E-state index contributed by atoms with van der Waals surface area (Å²) >= 11 is 0. The molecule has 0 unspecified atom stereocenters. The van der Waals surface area contributed by atoms with Crippen molar-refractivity contribution >= 4 is 34.9 Å². The molecule has 0 spiro atoms. The first-order valence-electron chi connectivity index (χ1n) is 8.10. The van der Waals surface area contributed by atoms with E-state index in [4.69, 9.17) is 0 Å². The molecule has 0 bridgehead atoms. The van der Waals surface area contributed by atoms with Crippen LogP contribution in [0.3, 0.4) is 0 Å². The van der Waals surface area contributed by atoms with Gasteiger partial charge in [-0.05, 0) is 36.4 Å². The minimum absolute atomic E-state index is 0.219. The second-order valence-electron chi connectivity index (χ2n) is 5.84. The third-order valence-electron chi connectivity index (χ3n) is 4.14. The summed E-state index contributed by atoms with van der Waals surface area (Å²) in [5.41, 5.74) is 0.799. The molecular weight excluding hydrogens is 373 g/mol. The smallest absolute Gasteiger partial charge is 0.134 e. The molecule has 0 aliphatic rings. The number of rotatable bonds is 3. The molecule has 0 fully saturated rings. The molecule has 4 rings (SSSR count). The normalized spacial score (nSPS) is 11.3. The molecule has 0 saturated heterocycles. The Kier molecular flexibility index (Phi) is 4.63. The number of hydrogen-bond donors (Lipinski definition) is 0. The number of halogens is 4. The lowest BCUT2D eigenvalue weighted by atomic mass is 10.2. The second-order valence-corrected chi connectivity index (χ2v) is 7.86. The molecule has 134 valence electrons. The van der Waals surface area contributed by atoms with Gasteiger partial charge in [-0.3, -0.25) is 0 Å². The molecule has 1 aromatic heterocycles. The highest BCUT2D eigenvalue weighted by molar-refractivity contribution is 7.79. The van der Waals surface area contributed by atoms with Crippen LogP contribution in [0.2, 0.25) is 0 Å². The Morgan fingerprint density at radius 3 is 1.63 bits per heavy atom. The fourth-order valence-corrected chi connectivity index (χ4v) is 5.19. The lowest BCUT2D eigenvalue weighted by Gasteiger charge is -2.20. The highest BCUT2D eigenvalue weighted by atomic mass is 31.1. The van der Waals surface area contributed by atoms with Gasteiger partial charge in [0.15, 0.2) is 0 Å². The maximum Gasteiger partial charge on any atom is 0.134 e. The van der Waals surface area contributed by atoms with Crippen molar-refractivity contribution in [3.05, 3.63) is 96.1 Å². The van der Waals surface area contributed by atoms with Crippen LogP contribution >= 0.6 is 7.92 Å². The Balaban J connectivity index is 2.04. The summed E-state index contributed by atoms with van der Waals surface area (Å²) in [7, 11) is -2.21. The van der Waals surface area contributed by atoms with Crippen LogP contribution < -0.4 is 16.0 Å². The maximum absolute atomic E-state index is 14.6. The van der Waals surface area contributed by atoms with Gasteiger partial charge in [-0.1, -0.05) is 36.4 Å². The van der Waals surface area contributed by atoms with E-state index in [2.05, 4.69) is 4.98 Å². The second kappa shape index (κ2) is 7.09. The molecule has 0 amide bonds. The first-order valence-corrected chi connectivity index (χ1v) is 9.44. The van der Waals surface area contributed by atoms with Crippen molar-refractivity contribution < 1.29 is 17.6 Å². The monoisotopic (exact) mass is 385 g/mol. The molecule has 0 aliphatic carbocycles. The van der Waals surface area contributed by atoms with Crippen LogP contribution in [0.5, 0.6) is 0 Å². The Labute approximate surface area is 154 Å². The van der Waals surface area contributed by atoms with E-state index in [-0.39, 0.29) is 16.0 Å². The molecule has 1 heterocycles. The van der Waals surface area contributed by atoms with E-state index >= 15 is 0 Å². The topological polar surface area (TPSA) is 12.9 Å². The summed E-state index contributed by atoms with van der Waals surface area (Å²) < 4.78 is 58.2. The largest absolute Gasteiger partial charge is 0.247 e. The van der Waals surface area contributed by atoms with E-state index in [1.54, 1.807) is 24.3 Å². The molecule has 27 heavy (non-hydrogen) atoms. The number of para-hydroxylation sites is 1. The summed E-state index contributed by atoms with van der Waals surface area (Å²) in [5, 5.41) is 0.0674. The van der Waals surface area contributed by atoms with Gasteiger partial charge in [0.25, 0.3) is 0 Å². The number of benzene rings is 3. The fraction of sp³-hybridized carbons (Fsp3) is 0. The Morgan fingerprint density at radius 1 is 0.556 bits per heavy atom. The van der Waals surface area contributed by atoms with Crippen LogP contribution in [-0.4, -0.2) is 4.98 Å². The van der Waals surface area contributed by atoms with Crippen LogP contribution in [0.15, 0.2) is 72.8 Å². The Hall–Kier alpha value is -2.78. The Bertz CT molecular complexity index is 1050. The standard InChI is InChI=1S/C21H12F4NP/c22-14-6-3-7-15(23)20(14)27(21-16(24)8-4-9-17(21)25)19-12-11-13-5-1-2-10-18(13)26-19/h1-12H. The molecular formula is C21H12F4NP. The van der Waals surface area contributed by atoms with E-state index in [1.807, 2.05) is 12.1 Å². The average Bonchev–Trinajstić information content (AvgIpc) is 2.66. The molecule has 4 aromatic rings. The molecule has 6 heteroatoms. The predicted molar refractivity (Wildman–Crippen MR) is 100 cm³/mol. The minimum atomic E-state index is -2.21. The van der Waals surface area contributed by atoms with Crippen LogP contribution in [-0.2, 0) is 0 Å². The summed E-state index contributed by atoms with van der Waals surface area (Å²) in [4.78, 5) is 4.45. The van der Waals surface area contributed by atoms with E-state index in [9.17, 15) is 17.6 Å². The van der Waals surface area contributed by atoms with Crippen molar-refractivity contribution in [1.82, 2.24) is 4.98 Å². The highest BCUT2D eigenvalue weighted by Crippen LogP contribution is 2.36. The number of pyridine rings is 1. The van der Waals surface area contributed by atoms with Crippen molar-refractivity contribution in [2.45, 2.75) is 0 Å². The molecule has 0 N–H and O–H groups in total. The first-order chi connectivity index (χ1) is 13.1. The van der Waals surface area contributed by atoms with Gasteiger partial charge in [0, 0.05) is 13.3 Å². The summed E-state index contributed by atoms with van der Waals surface area (Å²) in [6.07, 6.45) is 0. The highest BCUT2D eigenvalue weighted by Gasteiger charge is 2.30. The first kappa shape index (κ1) is 17.6.